The molecule has 10 heteroatoms. The van der Waals surface area contributed by atoms with E-state index in [1.807, 2.05) is 43.3 Å². The normalized spacial score (nSPS) is 19.9. The lowest BCUT2D eigenvalue weighted by atomic mass is 9.85. The molecule has 0 aliphatic carbocycles. The highest BCUT2D eigenvalue weighted by Crippen LogP contribution is 2.25. The van der Waals surface area contributed by atoms with Gasteiger partial charge in [-0.1, -0.05) is 12.1 Å². The fourth-order valence-corrected chi connectivity index (χ4v) is 3.44. The summed E-state index contributed by atoms with van der Waals surface area (Å²) in [4.78, 5) is 47.2. The molecule has 31 heavy (non-hydrogen) atoms. The van der Waals surface area contributed by atoms with Gasteiger partial charge in [-0.25, -0.2) is 14.4 Å². The van der Waals surface area contributed by atoms with Gasteiger partial charge in [0.2, 0.25) is 5.91 Å². The van der Waals surface area contributed by atoms with E-state index in [1.165, 1.54) is 4.90 Å². The van der Waals surface area contributed by atoms with E-state index in [4.69, 9.17) is 10.2 Å². The Morgan fingerprint density at radius 3 is 2.29 bits per heavy atom. The maximum Gasteiger partial charge on any atom is 0.328 e. The van der Waals surface area contributed by atoms with Crippen molar-refractivity contribution < 1.29 is 29.4 Å². The average molecular weight is 432 g/mol. The van der Waals surface area contributed by atoms with Crippen molar-refractivity contribution >= 4 is 29.6 Å². The minimum Gasteiger partial charge on any atom is -0.478 e. The summed E-state index contributed by atoms with van der Waals surface area (Å²) in [6.45, 7) is 2.53. The minimum atomic E-state index is -1.26. The van der Waals surface area contributed by atoms with Gasteiger partial charge in [-0.15, -0.1) is 0 Å². The number of imide groups is 1. The molecule has 2 heterocycles. The number of piperidine rings is 2. The molecular formula is C21H28N4O6. The summed E-state index contributed by atoms with van der Waals surface area (Å²) in [6, 6.07) is 7.74. The van der Waals surface area contributed by atoms with E-state index in [2.05, 4.69) is 10.6 Å². The van der Waals surface area contributed by atoms with Crippen LogP contribution in [0.4, 0.5) is 10.5 Å². The van der Waals surface area contributed by atoms with Crippen molar-refractivity contribution in [3.8, 4) is 0 Å². The highest BCUT2D eigenvalue weighted by atomic mass is 16.4. The van der Waals surface area contributed by atoms with Gasteiger partial charge in [0.15, 0.2) is 0 Å². The highest BCUT2D eigenvalue weighted by molar-refractivity contribution is 5.96. The maximum absolute atomic E-state index is 12.4. The summed E-state index contributed by atoms with van der Waals surface area (Å²) >= 11 is 0. The van der Waals surface area contributed by atoms with Crippen LogP contribution in [0, 0.1) is 11.8 Å². The lowest BCUT2D eigenvalue weighted by Gasteiger charge is -2.39. The molecule has 2 unspecified atom stereocenters. The third-order valence-electron chi connectivity index (χ3n) is 5.01. The predicted molar refractivity (Wildman–Crippen MR) is 114 cm³/mol. The van der Waals surface area contributed by atoms with Crippen LogP contribution in [0.3, 0.4) is 0 Å². The van der Waals surface area contributed by atoms with Crippen molar-refractivity contribution in [3.05, 3.63) is 42.0 Å². The van der Waals surface area contributed by atoms with Crippen LogP contribution in [-0.4, -0.2) is 72.7 Å². The number of hydrogen-bond acceptors (Lipinski definition) is 6. The van der Waals surface area contributed by atoms with Crippen molar-refractivity contribution in [3.63, 3.8) is 0 Å². The highest BCUT2D eigenvalue weighted by Gasteiger charge is 2.39. The van der Waals surface area contributed by atoms with Gasteiger partial charge in [0.25, 0.3) is 0 Å². The fraction of sp³-hybridized carbons (Fsp3) is 0.429. The number of carboxylic acid groups (broad SMARTS) is 2. The minimum absolute atomic E-state index is 0.0473. The van der Waals surface area contributed by atoms with E-state index in [-0.39, 0.29) is 17.9 Å². The zero-order valence-electron chi connectivity index (χ0n) is 17.6. The molecule has 0 radical (unpaired) electrons. The molecule has 2 saturated heterocycles. The Morgan fingerprint density at radius 1 is 1.13 bits per heavy atom. The number of carboxylic acids is 2. The number of amides is 3. The standard InChI is InChI=1S/C17H24N4O2.C4H4O4/c1-20(2)15-5-3-12(4-6-15)9-19-17(23)21-11-13-7-14(16(21)22)10-18-8-13;5-3(6)1-2-4(7)8/h3-6,13-14,18H,7-11H2,1-2H3,(H,19,23);1-2H,(H,5,6)(H,7,8)/b;2-1+. The van der Waals surface area contributed by atoms with Gasteiger partial charge < -0.3 is 25.7 Å². The van der Waals surface area contributed by atoms with Crippen molar-refractivity contribution in [1.82, 2.24) is 15.5 Å². The number of urea groups is 1. The second-order valence-corrected chi connectivity index (χ2v) is 7.64. The van der Waals surface area contributed by atoms with E-state index in [1.54, 1.807) is 0 Å². The molecule has 168 valence electrons. The first kappa shape index (κ1) is 23.9. The Hall–Kier alpha value is -3.40. The summed E-state index contributed by atoms with van der Waals surface area (Å²) < 4.78 is 0. The molecule has 2 atom stereocenters. The average Bonchev–Trinajstić information content (AvgIpc) is 2.74. The van der Waals surface area contributed by atoms with Crippen LogP contribution in [-0.2, 0) is 20.9 Å². The van der Waals surface area contributed by atoms with E-state index < -0.39 is 11.9 Å². The molecular weight excluding hydrogens is 404 g/mol. The van der Waals surface area contributed by atoms with Crippen LogP contribution in [0.25, 0.3) is 0 Å². The van der Waals surface area contributed by atoms with Gasteiger partial charge in [0, 0.05) is 51.6 Å². The van der Waals surface area contributed by atoms with Gasteiger partial charge in [-0.2, -0.15) is 0 Å². The molecule has 10 nitrogen and oxygen atoms in total. The van der Waals surface area contributed by atoms with Gasteiger partial charge in [-0.3, -0.25) is 9.69 Å². The number of aliphatic carboxylic acids is 2. The van der Waals surface area contributed by atoms with E-state index in [9.17, 15) is 19.2 Å². The zero-order valence-corrected chi connectivity index (χ0v) is 17.6. The van der Waals surface area contributed by atoms with Crippen molar-refractivity contribution in [1.29, 1.82) is 0 Å². The molecule has 2 fully saturated rings. The topological polar surface area (TPSA) is 139 Å². The van der Waals surface area contributed by atoms with E-state index in [0.717, 1.165) is 24.2 Å². The molecule has 2 aliphatic heterocycles. The fourth-order valence-electron chi connectivity index (χ4n) is 3.44. The summed E-state index contributed by atoms with van der Waals surface area (Å²) in [7, 11) is 3.98. The number of benzene rings is 1. The molecule has 3 amide bonds. The van der Waals surface area contributed by atoms with Crippen LogP contribution in [0.1, 0.15) is 12.0 Å². The van der Waals surface area contributed by atoms with E-state index >= 15 is 0 Å². The first-order valence-electron chi connectivity index (χ1n) is 9.87. The maximum atomic E-state index is 12.4. The molecule has 2 bridgehead atoms. The predicted octanol–water partition coefficient (Wildman–Crippen LogP) is 0.742. The molecule has 3 rings (SSSR count). The SMILES string of the molecule is CN(C)c1ccc(CNC(=O)N2CC3CNCC(C3)C2=O)cc1.O=C(O)/C=C/C(=O)O. The molecule has 0 saturated carbocycles. The Morgan fingerprint density at radius 2 is 1.74 bits per heavy atom. The van der Waals surface area contributed by atoms with Gasteiger partial charge >= 0.3 is 18.0 Å². The second-order valence-electron chi connectivity index (χ2n) is 7.64. The lowest BCUT2D eigenvalue weighted by Crippen LogP contribution is -2.58. The van der Waals surface area contributed by atoms with Crippen molar-refractivity contribution in [2.45, 2.75) is 13.0 Å². The van der Waals surface area contributed by atoms with Crippen LogP contribution in [0.2, 0.25) is 0 Å². The summed E-state index contributed by atoms with van der Waals surface area (Å²) in [6.07, 6.45) is 2.02. The number of likely N-dealkylation sites (tertiary alicyclic amines) is 1. The molecule has 4 N–H and O–H groups in total. The molecule has 2 aliphatic rings. The Balaban J connectivity index is 0.000000366. The number of nitrogens with one attached hydrogen (secondary N) is 2. The number of carbonyl (C=O) groups excluding carboxylic acids is 2. The van der Waals surface area contributed by atoms with Gasteiger partial charge in [0.1, 0.15) is 0 Å². The van der Waals surface area contributed by atoms with Crippen molar-refractivity contribution in [2.24, 2.45) is 11.8 Å². The first-order chi connectivity index (χ1) is 14.7. The lowest BCUT2D eigenvalue weighted by molar-refractivity contribution is -0.137. The van der Waals surface area contributed by atoms with Crippen LogP contribution >= 0.6 is 0 Å². The summed E-state index contributed by atoms with van der Waals surface area (Å²) in [5.74, 6) is -2.22. The first-order valence-corrected chi connectivity index (χ1v) is 9.87. The largest absolute Gasteiger partial charge is 0.478 e. The van der Waals surface area contributed by atoms with E-state index in [0.29, 0.717) is 37.7 Å². The number of hydrogen-bond donors (Lipinski definition) is 4. The zero-order chi connectivity index (χ0) is 23.0. The summed E-state index contributed by atoms with van der Waals surface area (Å²) in [5.41, 5.74) is 2.14. The number of rotatable bonds is 5. The number of carbonyl (C=O) groups is 4. The Kier molecular flexibility index (Phi) is 8.56. The van der Waals surface area contributed by atoms with Crippen LogP contribution in [0.15, 0.2) is 36.4 Å². The van der Waals surface area contributed by atoms with Crippen molar-refractivity contribution in [2.75, 3.05) is 38.6 Å². The Bertz CT molecular complexity index is 821. The Labute approximate surface area is 180 Å². The number of anilines is 1. The van der Waals surface area contributed by atoms with Crippen LogP contribution < -0.4 is 15.5 Å². The number of nitrogens with zero attached hydrogens (tertiary/aromatic N) is 2. The molecule has 1 aromatic carbocycles. The molecule has 1 aromatic rings. The van der Waals surface area contributed by atoms with Gasteiger partial charge in [0.05, 0.1) is 5.92 Å². The second kappa shape index (κ2) is 11.1. The molecule has 0 spiro atoms. The molecule has 0 aromatic heterocycles. The number of fused-ring (bicyclic) bond motifs is 2. The third-order valence-corrected chi connectivity index (χ3v) is 5.01. The third kappa shape index (κ3) is 7.41. The van der Waals surface area contributed by atoms with Gasteiger partial charge in [-0.05, 0) is 36.6 Å². The van der Waals surface area contributed by atoms with Crippen LogP contribution in [0.5, 0.6) is 0 Å². The quantitative estimate of drug-likeness (QED) is 0.500. The smallest absolute Gasteiger partial charge is 0.328 e. The monoisotopic (exact) mass is 432 g/mol. The summed E-state index contributed by atoms with van der Waals surface area (Å²) in [5, 5.41) is 21.8.